The molecule has 0 fully saturated rings. The summed E-state index contributed by atoms with van der Waals surface area (Å²) in [5.74, 6) is -1.03. The zero-order valence-corrected chi connectivity index (χ0v) is 11.1. The first-order valence-corrected chi connectivity index (χ1v) is 6.15. The van der Waals surface area contributed by atoms with Crippen LogP contribution in [-0.2, 0) is 12.0 Å². The second-order valence-electron chi connectivity index (χ2n) is 5.15. The van der Waals surface area contributed by atoms with E-state index in [1.165, 1.54) is 6.26 Å². The molecule has 0 spiro atoms. The predicted octanol–water partition coefficient (Wildman–Crippen LogP) is 2.37. The minimum atomic E-state index is -1.04. The first kappa shape index (κ1) is 13.4. The minimum Gasteiger partial charge on any atom is -0.475 e. The molecule has 0 unspecified atom stereocenters. The second-order valence-corrected chi connectivity index (χ2v) is 5.15. The van der Waals surface area contributed by atoms with E-state index in [1.54, 1.807) is 6.07 Å². The van der Waals surface area contributed by atoms with Gasteiger partial charge in [0.15, 0.2) is 0 Å². The quantitative estimate of drug-likeness (QED) is 0.746. The molecule has 0 atom stereocenters. The maximum Gasteiger partial charge on any atom is 0.372 e. The summed E-state index contributed by atoms with van der Waals surface area (Å²) in [6, 6.07) is 5.69. The molecule has 0 aliphatic carbocycles. The predicted molar refractivity (Wildman–Crippen MR) is 71.2 cm³/mol. The van der Waals surface area contributed by atoms with Crippen molar-refractivity contribution in [2.45, 2.75) is 25.8 Å². The van der Waals surface area contributed by atoms with E-state index in [-0.39, 0.29) is 11.2 Å². The Morgan fingerprint density at radius 3 is 2.89 bits per heavy atom. The van der Waals surface area contributed by atoms with E-state index in [1.807, 2.05) is 18.3 Å². The molecule has 3 N–H and O–H groups in total. The summed E-state index contributed by atoms with van der Waals surface area (Å²) in [6.07, 6.45) is 3.30. The van der Waals surface area contributed by atoms with Gasteiger partial charge in [0, 0.05) is 36.0 Å². The molecular formula is C14H18N2O3. The number of hydrogen-bond donors (Lipinski definition) is 3. The maximum atomic E-state index is 10.9. The van der Waals surface area contributed by atoms with Crippen LogP contribution in [0.4, 0.5) is 0 Å². The van der Waals surface area contributed by atoms with Crippen LogP contribution in [0, 0.1) is 0 Å². The number of aromatic amines is 1. The molecule has 0 aromatic carbocycles. The average Bonchev–Trinajstić information content (AvgIpc) is 2.99. The molecule has 0 radical (unpaired) electrons. The number of aromatic nitrogens is 1. The third-order valence-electron chi connectivity index (χ3n) is 3.15. The summed E-state index contributed by atoms with van der Waals surface area (Å²) < 4.78 is 4.94. The van der Waals surface area contributed by atoms with Crippen LogP contribution in [0.25, 0.3) is 0 Å². The number of furan rings is 1. The number of nitrogens with one attached hydrogen (secondary N) is 2. The Labute approximate surface area is 111 Å². The number of carboxylic acid groups (broad SMARTS) is 1. The van der Waals surface area contributed by atoms with Crippen molar-refractivity contribution in [3.8, 4) is 0 Å². The van der Waals surface area contributed by atoms with Crippen LogP contribution in [0.5, 0.6) is 0 Å². The second kappa shape index (κ2) is 5.32. The van der Waals surface area contributed by atoms with Crippen LogP contribution in [0.3, 0.4) is 0 Å². The molecule has 2 rings (SSSR count). The Kier molecular flexibility index (Phi) is 3.76. The summed E-state index contributed by atoms with van der Waals surface area (Å²) in [7, 11) is 0. The molecule has 0 saturated carbocycles. The maximum absolute atomic E-state index is 10.9. The average molecular weight is 262 g/mol. The molecule has 0 bridgehead atoms. The number of aromatic carboxylic acids is 1. The van der Waals surface area contributed by atoms with Gasteiger partial charge in [-0.2, -0.15) is 0 Å². The third kappa shape index (κ3) is 3.06. The Morgan fingerprint density at radius 2 is 2.26 bits per heavy atom. The van der Waals surface area contributed by atoms with Crippen LogP contribution in [0.15, 0.2) is 35.1 Å². The third-order valence-corrected chi connectivity index (χ3v) is 3.15. The van der Waals surface area contributed by atoms with Crippen molar-refractivity contribution in [3.63, 3.8) is 0 Å². The fraction of sp³-hybridized carbons (Fsp3) is 0.357. The number of carbonyl (C=O) groups is 1. The van der Waals surface area contributed by atoms with Crippen LogP contribution in [0.1, 0.15) is 35.7 Å². The van der Waals surface area contributed by atoms with Gasteiger partial charge in [-0.25, -0.2) is 4.79 Å². The molecule has 5 heteroatoms. The Morgan fingerprint density at radius 1 is 1.47 bits per heavy atom. The monoisotopic (exact) mass is 262 g/mol. The van der Waals surface area contributed by atoms with Crippen molar-refractivity contribution in [3.05, 3.63) is 47.7 Å². The Bertz CT molecular complexity index is 541. The minimum absolute atomic E-state index is 0.00480. The van der Waals surface area contributed by atoms with Gasteiger partial charge in [-0.1, -0.05) is 13.8 Å². The van der Waals surface area contributed by atoms with Crippen LogP contribution < -0.4 is 5.32 Å². The summed E-state index contributed by atoms with van der Waals surface area (Å²) in [5, 5.41) is 12.2. The lowest BCUT2D eigenvalue weighted by Gasteiger charge is -2.24. The molecule has 2 heterocycles. The van der Waals surface area contributed by atoms with Gasteiger partial charge in [0.2, 0.25) is 5.76 Å². The molecule has 102 valence electrons. The highest BCUT2D eigenvalue weighted by Gasteiger charge is 2.21. The van der Waals surface area contributed by atoms with E-state index in [4.69, 9.17) is 9.52 Å². The van der Waals surface area contributed by atoms with Crippen molar-refractivity contribution < 1.29 is 14.3 Å². The molecule has 2 aromatic rings. The van der Waals surface area contributed by atoms with E-state index in [0.29, 0.717) is 12.1 Å². The van der Waals surface area contributed by atoms with Gasteiger partial charge in [-0.3, -0.25) is 0 Å². The van der Waals surface area contributed by atoms with E-state index in [2.05, 4.69) is 24.1 Å². The molecule has 19 heavy (non-hydrogen) atoms. The van der Waals surface area contributed by atoms with E-state index in [0.717, 1.165) is 12.2 Å². The zero-order chi connectivity index (χ0) is 13.9. The summed E-state index contributed by atoms with van der Waals surface area (Å²) in [5.41, 5.74) is 1.76. The van der Waals surface area contributed by atoms with Crippen molar-refractivity contribution in [1.29, 1.82) is 0 Å². The first-order chi connectivity index (χ1) is 9.00. The fourth-order valence-corrected chi connectivity index (χ4v) is 2.02. The summed E-state index contributed by atoms with van der Waals surface area (Å²) in [6.45, 7) is 5.46. The number of carboxylic acids is 1. The molecular weight excluding hydrogens is 244 g/mol. The number of hydrogen-bond acceptors (Lipinski definition) is 3. The van der Waals surface area contributed by atoms with Crippen molar-refractivity contribution in [1.82, 2.24) is 10.3 Å². The molecule has 5 nitrogen and oxygen atoms in total. The molecule has 0 amide bonds. The first-order valence-electron chi connectivity index (χ1n) is 6.15. The smallest absolute Gasteiger partial charge is 0.372 e. The number of H-pyrrole nitrogens is 1. The van der Waals surface area contributed by atoms with Gasteiger partial charge >= 0.3 is 5.97 Å². The molecule has 0 aliphatic rings. The van der Waals surface area contributed by atoms with Crippen molar-refractivity contribution in [2.75, 3.05) is 6.54 Å². The lowest BCUT2D eigenvalue weighted by Crippen LogP contribution is -2.33. The Balaban J connectivity index is 1.93. The van der Waals surface area contributed by atoms with Gasteiger partial charge in [0.25, 0.3) is 0 Å². The normalized spacial score (nSPS) is 11.7. The summed E-state index contributed by atoms with van der Waals surface area (Å²) in [4.78, 5) is 14.1. The van der Waals surface area contributed by atoms with Gasteiger partial charge in [0.1, 0.15) is 0 Å². The summed E-state index contributed by atoms with van der Waals surface area (Å²) >= 11 is 0. The molecule has 0 aliphatic heterocycles. The van der Waals surface area contributed by atoms with Crippen molar-refractivity contribution >= 4 is 5.97 Å². The Hall–Kier alpha value is -2.01. The van der Waals surface area contributed by atoms with Gasteiger partial charge < -0.3 is 19.8 Å². The number of rotatable bonds is 6. The standard InChI is InChI=1S/C14H18N2O3/c1-14(2,11-4-3-6-16-11)9-15-8-10-5-7-19-12(10)13(17)18/h3-7,15-16H,8-9H2,1-2H3,(H,17,18). The SMILES string of the molecule is CC(C)(CNCc1ccoc1C(=O)O)c1ccc[nH]1. The van der Waals surface area contributed by atoms with Gasteiger partial charge in [0.05, 0.1) is 6.26 Å². The van der Waals surface area contributed by atoms with Crippen LogP contribution in [-0.4, -0.2) is 22.6 Å². The lowest BCUT2D eigenvalue weighted by atomic mass is 9.89. The fourth-order valence-electron chi connectivity index (χ4n) is 2.02. The van der Waals surface area contributed by atoms with Gasteiger partial charge in [-0.15, -0.1) is 0 Å². The molecule has 0 saturated heterocycles. The van der Waals surface area contributed by atoms with E-state index < -0.39 is 5.97 Å². The van der Waals surface area contributed by atoms with Crippen LogP contribution in [0.2, 0.25) is 0 Å². The highest BCUT2D eigenvalue weighted by molar-refractivity contribution is 5.86. The van der Waals surface area contributed by atoms with Crippen LogP contribution >= 0.6 is 0 Å². The highest BCUT2D eigenvalue weighted by Crippen LogP contribution is 2.20. The molecule has 2 aromatic heterocycles. The van der Waals surface area contributed by atoms with Gasteiger partial charge in [-0.05, 0) is 18.2 Å². The van der Waals surface area contributed by atoms with E-state index >= 15 is 0 Å². The van der Waals surface area contributed by atoms with E-state index in [9.17, 15) is 4.79 Å². The largest absolute Gasteiger partial charge is 0.475 e. The lowest BCUT2D eigenvalue weighted by molar-refractivity contribution is 0.0660. The van der Waals surface area contributed by atoms with Crippen molar-refractivity contribution in [2.24, 2.45) is 0 Å². The topological polar surface area (TPSA) is 78.3 Å². The zero-order valence-electron chi connectivity index (χ0n) is 11.1. The highest BCUT2D eigenvalue weighted by atomic mass is 16.4.